The van der Waals surface area contributed by atoms with Gasteiger partial charge in [0, 0.05) is 6.20 Å². The molecule has 0 atom stereocenters. The Bertz CT molecular complexity index is 1100. The summed E-state index contributed by atoms with van der Waals surface area (Å²) in [6.45, 7) is 1.82. The minimum atomic E-state index is -0.503. The molecule has 2 heterocycles. The number of para-hydroxylation sites is 2. The Morgan fingerprint density at radius 1 is 1.04 bits per heavy atom. The molecule has 0 spiro atoms. The van der Waals surface area contributed by atoms with Crippen LogP contribution in [0.15, 0.2) is 77.3 Å². The zero-order valence-corrected chi connectivity index (χ0v) is 14.5. The molecule has 5 nitrogen and oxygen atoms in total. The van der Waals surface area contributed by atoms with E-state index in [1.807, 2.05) is 37.3 Å². The van der Waals surface area contributed by atoms with Gasteiger partial charge in [0.05, 0.1) is 16.9 Å². The van der Waals surface area contributed by atoms with Crippen molar-refractivity contribution in [2.24, 2.45) is 0 Å². The van der Waals surface area contributed by atoms with E-state index in [1.165, 1.54) is 12.1 Å². The second-order valence-electron chi connectivity index (χ2n) is 6.02. The summed E-state index contributed by atoms with van der Waals surface area (Å²) in [5.74, 6) is 0.212. The molecule has 1 N–H and O–H groups in total. The van der Waals surface area contributed by atoms with Crippen LogP contribution in [-0.4, -0.2) is 15.7 Å². The van der Waals surface area contributed by atoms with Gasteiger partial charge in [0.15, 0.2) is 5.76 Å². The second-order valence-corrected chi connectivity index (χ2v) is 6.02. The maximum atomic E-state index is 13.9. The third kappa shape index (κ3) is 3.37. The summed E-state index contributed by atoms with van der Waals surface area (Å²) < 4.78 is 21.2. The van der Waals surface area contributed by atoms with Gasteiger partial charge in [-0.15, -0.1) is 0 Å². The van der Waals surface area contributed by atoms with Crippen LogP contribution in [0.5, 0.6) is 0 Å². The van der Waals surface area contributed by atoms with Gasteiger partial charge in [-0.3, -0.25) is 4.79 Å². The lowest BCUT2D eigenvalue weighted by Gasteiger charge is -2.05. The summed E-state index contributed by atoms with van der Waals surface area (Å²) in [4.78, 5) is 12.8. The first kappa shape index (κ1) is 16.8. The summed E-state index contributed by atoms with van der Waals surface area (Å²) in [7, 11) is 0. The predicted molar refractivity (Wildman–Crippen MR) is 100 cm³/mol. The molecule has 0 radical (unpaired) electrons. The number of amides is 1. The smallest absolute Gasteiger partial charge is 0.259 e. The lowest BCUT2D eigenvalue weighted by atomic mass is 10.2. The Balaban J connectivity index is 1.77. The average Bonchev–Trinajstić information content (AvgIpc) is 3.31. The van der Waals surface area contributed by atoms with Crippen molar-refractivity contribution in [2.75, 3.05) is 5.32 Å². The topological polar surface area (TPSA) is 60.1 Å². The lowest BCUT2D eigenvalue weighted by molar-refractivity contribution is 0.102. The first-order valence-electron chi connectivity index (χ1n) is 8.39. The molecule has 6 heteroatoms. The minimum Gasteiger partial charge on any atom is -0.460 e. The van der Waals surface area contributed by atoms with E-state index >= 15 is 0 Å². The summed E-state index contributed by atoms with van der Waals surface area (Å²) in [6, 6.07) is 19.0. The molecule has 0 saturated heterocycles. The monoisotopic (exact) mass is 361 g/mol. The molecular formula is C21H16FN3O2. The standard InChI is InChI=1S/C21H16FN3O2/c1-14-11-12-19(27-14)20-16(13-25(24-20)15-7-3-2-4-8-15)21(26)23-18-10-6-5-9-17(18)22/h2-13H,1H3,(H,23,26). The van der Waals surface area contributed by atoms with Gasteiger partial charge >= 0.3 is 0 Å². The number of carbonyl (C=O) groups excluding carboxylic acids is 1. The van der Waals surface area contributed by atoms with Crippen molar-refractivity contribution in [3.63, 3.8) is 0 Å². The van der Waals surface area contributed by atoms with Gasteiger partial charge in [0.25, 0.3) is 5.91 Å². The van der Waals surface area contributed by atoms with E-state index in [0.717, 1.165) is 5.69 Å². The van der Waals surface area contributed by atoms with Gasteiger partial charge in [-0.2, -0.15) is 5.10 Å². The highest BCUT2D eigenvalue weighted by atomic mass is 19.1. The largest absolute Gasteiger partial charge is 0.460 e. The molecule has 0 aliphatic heterocycles. The summed E-state index contributed by atoms with van der Waals surface area (Å²) in [5.41, 5.74) is 1.58. The van der Waals surface area contributed by atoms with Crippen molar-refractivity contribution in [3.8, 4) is 17.1 Å². The van der Waals surface area contributed by atoms with Crippen molar-refractivity contribution >= 4 is 11.6 Å². The Labute approximate surface area is 155 Å². The van der Waals surface area contributed by atoms with Crippen LogP contribution in [0.3, 0.4) is 0 Å². The fourth-order valence-electron chi connectivity index (χ4n) is 2.75. The zero-order chi connectivity index (χ0) is 18.8. The normalized spacial score (nSPS) is 10.7. The molecule has 134 valence electrons. The van der Waals surface area contributed by atoms with Crippen LogP contribution in [0.4, 0.5) is 10.1 Å². The fraction of sp³-hybridized carbons (Fsp3) is 0.0476. The van der Waals surface area contributed by atoms with E-state index in [1.54, 1.807) is 35.1 Å². The number of aromatic nitrogens is 2. The van der Waals surface area contributed by atoms with Crippen molar-refractivity contribution in [1.82, 2.24) is 9.78 Å². The molecule has 0 unspecified atom stereocenters. The number of halogens is 1. The molecular weight excluding hydrogens is 345 g/mol. The van der Waals surface area contributed by atoms with Crippen LogP contribution in [-0.2, 0) is 0 Å². The number of carbonyl (C=O) groups is 1. The van der Waals surface area contributed by atoms with E-state index in [4.69, 9.17) is 4.42 Å². The number of nitrogens with zero attached hydrogens (tertiary/aromatic N) is 2. The maximum absolute atomic E-state index is 13.9. The van der Waals surface area contributed by atoms with E-state index in [9.17, 15) is 9.18 Å². The van der Waals surface area contributed by atoms with Gasteiger partial charge in [0.2, 0.25) is 0 Å². The van der Waals surface area contributed by atoms with E-state index in [2.05, 4.69) is 10.4 Å². The number of aryl methyl sites for hydroxylation is 1. The van der Waals surface area contributed by atoms with Gasteiger partial charge in [0.1, 0.15) is 17.3 Å². The van der Waals surface area contributed by atoms with E-state index < -0.39 is 11.7 Å². The molecule has 0 fully saturated rings. The van der Waals surface area contributed by atoms with Crippen LogP contribution < -0.4 is 5.32 Å². The molecule has 4 rings (SSSR count). The first-order valence-corrected chi connectivity index (χ1v) is 8.39. The average molecular weight is 361 g/mol. The predicted octanol–water partition coefficient (Wildman–Crippen LogP) is 4.83. The van der Waals surface area contributed by atoms with E-state index in [-0.39, 0.29) is 11.3 Å². The van der Waals surface area contributed by atoms with Crippen molar-refractivity contribution < 1.29 is 13.6 Å². The lowest BCUT2D eigenvalue weighted by Crippen LogP contribution is -2.13. The summed E-state index contributed by atoms with van der Waals surface area (Å²) in [6.07, 6.45) is 1.61. The Kier molecular flexibility index (Phi) is 4.30. The third-order valence-electron chi connectivity index (χ3n) is 4.08. The Morgan fingerprint density at radius 3 is 2.48 bits per heavy atom. The molecule has 0 aliphatic carbocycles. The van der Waals surface area contributed by atoms with Crippen LogP contribution in [0.25, 0.3) is 17.1 Å². The van der Waals surface area contributed by atoms with Crippen molar-refractivity contribution in [2.45, 2.75) is 6.92 Å². The Morgan fingerprint density at radius 2 is 1.78 bits per heavy atom. The van der Waals surface area contributed by atoms with Crippen molar-refractivity contribution in [1.29, 1.82) is 0 Å². The summed E-state index contributed by atoms with van der Waals surface area (Å²) >= 11 is 0. The number of hydrogen-bond acceptors (Lipinski definition) is 3. The molecule has 0 saturated carbocycles. The highest BCUT2D eigenvalue weighted by molar-refractivity contribution is 6.07. The highest BCUT2D eigenvalue weighted by Crippen LogP contribution is 2.26. The molecule has 4 aromatic rings. The number of anilines is 1. The molecule has 27 heavy (non-hydrogen) atoms. The fourth-order valence-corrected chi connectivity index (χ4v) is 2.75. The SMILES string of the molecule is Cc1ccc(-c2nn(-c3ccccc3)cc2C(=O)Nc2ccccc2F)o1. The first-order chi connectivity index (χ1) is 13.1. The van der Waals surface area contributed by atoms with Gasteiger partial charge < -0.3 is 9.73 Å². The maximum Gasteiger partial charge on any atom is 0.259 e. The molecule has 0 bridgehead atoms. The number of furan rings is 1. The number of rotatable bonds is 4. The van der Waals surface area contributed by atoms with Crippen LogP contribution in [0.1, 0.15) is 16.1 Å². The zero-order valence-electron chi connectivity index (χ0n) is 14.5. The number of nitrogens with one attached hydrogen (secondary N) is 1. The van der Waals surface area contributed by atoms with Crippen molar-refractivity contribution in [3.05, 3.63) is 90.1 Å². The number of hydrogen-bond donors (Lipinski definition) is 1. The van der Waals surface area contributed by atoms with E-state index in [0.29, 0.717) is 17.2 Å². The quantitative estimate of drug-likeness (QED) is 0.566. The van der Waals surface area contributed by atoms with Gasteiger partial charge in [-0.1, -0.05) is 30.3 Å². The molecule has 2 aromatic carbocycles. The second kappa shape index (κ2) is 6.92. The minimum absolute atomic E-state index is 0.108. The number of benzene rings is 2. The third-order valence-corrected chi connectivity index (χ3v) is 4.08. The molecule has 2 aromatic heterocycles. The van der Waals surface area contributed by atoms with Crippen LogP contribution in [0.2, 0.25) is 0 Å². The van der Waals surface area contributed by atoms with Gasteiger partial charge in [-0.05, 0) is 43.3 Å². The van der Waals surface area contributed by atoms with Crippen LogP contribution >= 0.6 is 0 Å². The highest BCUT2D eigenvalue weighted by Gasteiger charge is 2.21. The van der Waals surface area contributed by atoms with Gasteiger partial charge in [-0.25, -0.2) is 9.07 Å². The molecule has 1 amide bonds. The Hall–Kier alpha value is -3.67. The molecule has 0 aliphatic rings. The van der Waals surface area contributed by atoms with Crippen LogP contribution in [0, 0.1) is 12.7 Å². The summed E-state index contributed by atoms with van der Waals surface area (Å²) in [5, 5.41) is 7.12.